The Labute approximate surface area is 221 Å². The summed E-state index contributed by atoms with van der Waals surface area (Å²) in [5.74, 6) is 1.08. The summed E-state index contributed by atoms with van der Waals surface area (Å²) in [5.41, 5.74) is 2.74. The maximum atomic E-state index is 13.1. The summed E-state index contributed by atoms with van der Waals surface area (Å²) in [5, 5.41) is 14.1. The van der Waals surface area contributed by atoms with E-state index in [9.17, 15) is 9.36 Å². The number of nitrogens with one attached hydrogen (secondary N) is 3. The lowest BCUT2D eigenvalue weighted by Crippen LogP contribution is -2.27. The lowest BCUT2D eigenvalue weighted by molar-refractivity contribution is -0.113. The molecular formula is C26H32N5O6P. The van der Waals surface area contributed by atoms with E-state index in [1.54, 1.807) is 39.0 Å². The number of imidazole rings is 1. The van der Waals surface area contributed by atoms with Crippen LogP contribution in [0.25, 0.3) is 11.0 Å². The molecule has 2 heterocycles. The molecule has 0 aliphatic carbocycles. The van der Waals surface area contributed by atoms with E-state index in [0.29, 0.717) is 41.4 Å². The molecule has 12 heteroatoms. The number of hydrogen-bond donors (Lipinski definition) is 3. The summed E-state index contributed by atoms with van der Waals surface area (Å²) in [6.45, 7) is 8.54. The van der Waals surface area contributed by atoms with Crippen molar-refractivity contribution in [3.05, 3.63) is 53.7 Å². The highest BCUT2D eigenvalue weighted by atomic mass is 31.2. The molecule has 0 radical (unpaired) electrons. The highest BCUT2D eigenvalue weighted by molar-refractivity contribution is 7.62. The van der Waals surface area contributed by atoms with Gasteiger partial charge in [0.15, 0.2) is 11.5 Å². The van der Waals surface area contributed by atoms with Gasteiger partial charge in [-0.05, 0) is 51.5 Å². The fraction of sp³-hybridized carbons (Fsp3) is 0.346. The quantitative estimate of drug-likeness (QED) is 0.177. The van der Waals surface area contributed by atoms with Gasteiger partial charge in [0.25, 0.3) is 5.91 Å². The third kappa shape index (κ3) is 5.91. The van der Waals surface area contributed by atoms with E-state index in [4.69, 9.17) is 23.9 Å². The van der Waals surface area contributed by atoms with Gasteiger partial charge in [-0.2, -0.15) is 0 Å². The Kier molecular flexibility index (Phi) is 8.51. The topological polar surface area (TPSA) is 137 Å². The van der Waals surface area contributed by atoms with Gasteiger partial charge < -0.3 is 33.8 Å². The van der Waals surface area contributed by atoms with Gasteiger partial charge in [0, 0.05) is 24.4 Å². The van der Waals surface area contributed by atoms with E-state index in [2.05, 4.69) is 15.6 Å². The molecule has 1 amide bonds. The normalized spacial score (nSPS) is 13.1. The molecule has 1 aliphatic heterocycles. The molecule has 0 fully saturated rings. The number of ether oxygens (including phenoxy) is 2. The number of benzene rings is 2. The zero-order chi connectivity index (χ0) is 27.3. The summed E-state index contributed by atoms with van der Waals surface area (Å²) >= 11 is 0. The number of carbonyl (C=O) groups excluding carboxylic acids is 1. The number of aromatic nitrogens is 2. The van der Waals surface area contributed by atoms with E-state index in [1.165, 1.54) is 6.08 Å². The number of rotatable bonds is 12. The molecule has 11 nitrogen and oxygen atoms in total. The molecule has 1 aliphatic rings. The predicted molar refractivity (Wildman–Crippen MR) is 146 cm³/mol. The van der Waals surface area contributed by atoms with Crippen molar-refractivity contribution in [3.8, 4) is 11.5 Å². The number of allylic oxidation sites excluding steroid dienone is 1. The molecule has 0 saturated heterocycles. The molecule has 3 N–H and O–H groups in total. The van der Waals surface area contributed by atoms with Crippen LogP contribution in [0.15, 0.2) is 48.2 Å². The summed E-state index contributed by atoms with van der Waals surface area (Å²) in [6.07, 6.45) is 1.47. The number of anilines is 1. The van der Waals surface area contributed by atoms with Crippen LogP contribution in [0, 0.1) is 5.41 Å². The second-order valence-electron chi connectivity index (χ2n) is 8.44. The van der Waals surface area contributed by atoms with Crippen LogP contribution in [0.5, 0.6) is 11.5 Å². The maximum absolute atomic E-state index is 13.1. The fourth-order valence-corrected chi connectivity index (χ4v) is 5.60. The van der Waals surface area contributed by atoms with Gasteiger partial charge in [-0.15, -0.1) is 0 Å². The van der Waals surface area contributed by atoms with Gasteiger partial charge in [0.05, 0.1) is 36.1 Å². The molecule has 202 valence electrons. The van der Waals surface area contributed by atoms with Crippen LogP contribution >= 0.6 is 7.60 Å². The molecule has 2 aromatic carbocycles. The van der Waals surface area contributed by atoms with Crippen LogP contribution in [0.2, 0.25) is 0 Å². The average molecular weight is 542 g/mol. The maximum Gasteiger partial charge on any atom is 0.361 e. The molecule has 1 aromatic heterocycles. The van der Waals surface area contributed by atoms with Gasteiger partial charge >= 0.3 is 7.60 Å². The van der Waals surface area contributed by atoms with Crippen LogP contribution < -0.4 is 25.4 Å². The number of carbonyl (C=O) groups is 1. The summed E-state index contributed by atoms with van der Waals surface area (Å²) in [7, 11) is -3.41. The van der Waals surface area contributed by atoms with Gasteiger partial charge in [0.2, 0.25) is 12.7 Å². The van der Waals surface area contributed by atoms with E-state index >= 15 is 0 Å². The number of likely N-dealkylation sites (N-methyl/N-ethyl adjacent to an activating group) is 1. The highest BCUT2D eigenvalue weighted by Crippen LogP contribution is 2.46. The Morgan fingerprint density at radius 2 is 1.79 bits per heavy atom. The van der Waals surface area contributed by atoms with Crippen LogP contribution in [-0.4, -0.2) is 47.7 Å². The molecule has 4 rings (SSSR count). The Balaban J connectivity index is 1.70. The van der Waals surface area contributed by atoms with Crippen molar-refractivity contribution in [3.63, 3.8) is 0 Å². The summed E-state index contributed by atoms with van der Waals surface area (Å²) < 4.78 is 37.0. The zero-order valence-electron chi connectivity index (χ0n) is 21.9. The minimum atomic E-state index is -3.41. The van der Waals surface area contributed by atoms with Crippen molar-refractivity contribution in [2.45, 2.75) is 34.2 Å². The number of fused-ring (bicyclic) bond motifs is 2. The minimum absolute atomic E-state index is 0.131. The standard InChI is InChI=1S/C26H32N5O6P/c1-5-28-21(12-17(4)27)25(32)30-26-29-20-13-23-24(35-16-34-23)14-22(20)31(26)15-18-8-10-19(11-9-18)38(33,36-6-2)37-7-3/h8-14,27-28H,5-7,15-16H2,1-4H3,(H,29,30,32)/b21-12-,27-17?. The first-order valence-electron chi connectivity index (χ1n) is 12.4. The molecule has 0 atom stereocenters. The van der Waals surface area contributed by atoms with Gasteiger partial charge in [-0.1, -0.05) is 12.1 Å². The average Bonchev–Trinajstić information content (AvgIpc) is 3.46. The van der Waals surface area contributed by atoms with Crippen LogP contribution in [0.4, 0.5) is 5.95 Å². The lowest BCUT2D eigenvalue weighted by atomic mass is 10.2. The van der Waals surface area contributed by atoms with Crippen LogP contribution in [-0.2, 0) is 25.0 Å². The van der Waals surface area contributed by atoms with E-state index in [1.807, 2.05) is 29.7 Å². The summed E-state index contributed by atoms with van der Waals surface area (Å²) in [6, 6.07) is 10.7. The number of hydrogen-bond acceptors (Lipinski definition) is 9. The van der Waals surface area contributed by atoms with Gasteiger partial charge in [-0.25, -0.2) is 4.98 Å². The Morgan fingerprint density at radius 1 is 1.13 bits per heavy atom. The molecule has 3 aromatic rings. The first kappa shape index (κ1) is 27.4. The first-order valence-corrected chi connectivity index (χ1v) is 13.9. The SMILES string of the molecule is CCN/C(=C\C(C)=N)C(=O)Nc1nc2cc3c(cc2n1Cc1ccc(P(=O)(OCC)OCC)cc1)OCO3. The predicted octanol–water partition coefficient (Wildman–Crippen LogP) is 4.18. The van der Waals surface area contributed by atoms with Crippen LogP contribution in [0.3, 0.4) is 0 Å². The lowest BCUT2D eigenvalue weighted by Gasteiger charge is -2.17. The first-order chi connectivity index (χ1) is 18.3. The molecule has 0 bridgehead atoms. The van der Waals surface area contributed by atoms with Crippen molar-refractivity contribution >= 4 is 41.5 Å². The van der Waals surface area contributed by atoms with Crippen LogP contribution in [0.1, 0.15) is 33.3 Å². The fourth-order valence-electron chi connectivity index (χ4n) is 4.04. The third-order valence-electron chi connectivity index (χ3n) is 5.63. The Bertz CT molecular complexity index is 1410. The molecule has 38 heavy (non-hydrogen) atoms. The summed E-state index contributed by atoms with van der Waals surface area (Å²) in [4.78, 5) is 17.8. The number of nitrogens with zero attached hydrogens (tertiary/aromatic N) is 2. The van der Waals surface area contributed by atoms with Crippen molar-refractivity contribution in [1.82, 2.24) is 14.9 Å². The van der Waals surface area contributed by atoms with Crippen molar-refractivity contribution in [2.24, 2.45) is 0 Å². The number of amides is 1. The van der Waals surface area contributed by atoms with Crippen molar-refractivity contribution in [1.29, 1.82) is 5.41 Å². The zero-order valence-corrected chi connectivity index (χ0v) is 22.8. The minimum Gasteiger partial charge on any atom is -0.454 e. The monoisotopic (exact) mass is 541 g/mol. The van der Waals surface area contributed by atoms with E-state index in [0.717, 1.165) is 11.1 Å². The molecule has 0 saturated carbocycles. The molecular weight excluding hydrogens is 509 g/mol. The Morgan fingerprint density at radius 3 is 2.39 bits per heavy atom. The van der Waals surface area contributed by atoms with Crippen molar-refractivity contribution < 1.29 is 27.9 Å². The second kappa shape index (κ2) is 11.8. The third-order valence-corrected chi connectivity index (χ3v) is 7.76. The van der Waals surface area contributed by atoms with E-state index < -0.39 is 13.5 Å². The largest absolute Gasteiger partial charge is 0.454 e. The second-order valence-corrected chi connectivity index (χ2v) is 10.5. The Hall–Kier alpha value is -3.66. The van der Waals surface area contributed by atoms with Gasteiger partial charge in [-0.3, -0.25) is 14.7 Å². The molecule has 0 unspecified atom stereocenters. The van der Waals surface area contributed by atoms with Gasteiger partial charge in [0.1, 0.15) is 5.70 Å². The van der Waals surface area contributed by atoms with Crippen molar-refractivity contribution in [2.75, 3.05) is 31.9 Å². The smallest absolute Gasteiger partial charge is 0.361 e. The molecule has 0 spiro atoms. The highest BCUT2D eigenvalue weighted by Gasteiger charge is 2.27. The van der Waals surface area contributed by atoms with E-state index in [-0.39, 0.29) is 31.4 Å².